The van der Waals surface area contributed by atoms with E-state index in [9.17, 15) is 4.79 Å². The SMILES string of the molecule is CC(Br)C(=O)c1ccsn1. The number of aromatic nitrogens is 1. The lowest BCUT2D eigenvalue weighted by atomic mass is 10.2. The Labute approximate surface area is 71.6 Å². The van der Waals surface area contributed by atoms with Crippen LogP contribution in [0.5, 0.6) is 0 Å². The topological polar surface area (TPSA) is 30.0 Å². The summed E-state index contributed by atoms with van der Waals surface area (Å²) in [6, 6.07) is 1.73. The van der Waals surface area contributed by atoms with Crippen molar-refractivity contribution in [3.8, 4) is 0 Å². The van der Waals surface area contributed by atoms with E-state index in [1.165, 1.54) is 11.5 Å². The Morgan fingerprint density at radius 2 is 2.60 bits per heavy atom. The molecule has 0 aromatic carbocycles. The lowest BCUT2D eigenvalue weighted by Gasteiger charge is -1.95. The van der Waals surface area contributed by atoms with Crippen molar-refractivity contribution >= 4 is 33.2 Å². The number of nitrogens with zero attached hydrogens (tertiary/aromatic N) is 1. The van der Waals surface area contributed by atoms with Gasteiger partial charge in [0, 0.05) is 5.38 Å². The number of hydrogen-bond donors (Lipinski definition) is 0. The van der Waals surface area contributed by atoms with Crippen molar-refractivity contribution < 1.29 is 4.79 Å². The highest BCUT2D eigenvalue weighted by Crippen LogP contribution is 2.08. The molecule has 1 aromatic rings. The van der Waals surface area contributed by atoms with Gasteiger partial charge >= 0.3 is 0 Å². The minimum absolute atomic E-state index is 0.0428. The zero-order valence-electron chi connectivity index (χ0n) is 5.37. The summed E-state index contributed by atoms with van der Waals surface area (Å²) in [5.41, 5.74) is 0.550. The van der Waals surface area contributed by atoms with Gasteiger partial charge in [-0.1, -0.05) is 15.9 Å². The van der Waals surface area contributed by atoms with E-state index < -0.39 is 0 Å². The quantitative estimate of drug-likeness (QED) is 0.564. The van der Waals surface area contributed by atoms with Gasteiger partial charge < -0.3 is 0 Å². The van der Waals surface area contributed by atoms with Crippen LogP contribution in [0.15, 0.2) is 11.4 Å². The highest BCUT2D eigenvalue weighted by Gasteiger charge is 2.12. The van der Waals surface area contributed by atoms with Gasteiger partial charge in [-0.3, -0.25) is 4.79 Å². The summed E-state index contributed by atoms with van der Waals surface area (Å²) < 4.78 is 3.90. The normalized spacial score (nSPS) is 13.0. The molecule has 1 heterocycles. The predicted octanol–water partition coefficient (Wildman–Crippen LogP) is 2.11. The molecule has 0 radical (unpaired) electrons. The second-order valence-electron chi connectivity index (χ2n) is 1.86. The number of rotatable bonds is 2. The van der Waals surface area contributed by atoms with Gasteiger partial charge in [-0.15, -0.1) is 0 Å². The first-order chi connectivity index (χ1) is 4.72. The van der Waals surface area contributed by atoms with Gasteiger partial charge in [-0.2, -0.15) is 4.37 Å². The van der Waals surface area contributed by atoms with Crippen LogP contribution in [0.4, 0.5) is 0 Å². The fourth-order valence-corrected chi connectivity index (χ4v) is 1.29. The first-order valence-electron chi connectivity index (χ1n) is 2.80. The van der Waals surface area contributed by atoms with Gasteiger partial charge in [0.1, 0.15) is 5.69 Å². The third-order valence-corrected chi connectivity index (χ3v) is 2.03. The largest absolute Gasteiger partial charge is 0.291 e. The van der Waals surface area contributed by atoms with Crippen LogP contribution in [0.1, 0.15) is 17.4 Å². The van der Waals surface area contributed by atoms with E-state index in [2.05, 4.69) is 20.3 Å². The average molecular weight is 220 g/mol. The number of ketones is 1. The van der Waals surface area contributed by atoms with Gasteiger partial charge in [0.05, 0.1) is 4.83 Å². The third kappa shape index (κ3) is 1.64. The molecule has 2 nitrogen and oxygen atoms in total. The number of carbonyl (C=O) groups is 1. The summed E-state index contributed by atoms with van der Waals surface area (Å²) in [6.07, 6.45) is 0. The molecule has 0 N–H and O–H groups in total. The Morgan fingerprint density at radius 3 is 3.00 bits per heavy atom. The van der Waals surface area contributed by atoms with Crippen molar-refractivity contribution in [2.45, 2.75) is 11.8 Å². The van der Waals surface area contributed by atoms with Gasteiger partial charge in [0.25, 0.3) is 0 Å². The molecule has 0 saturated heterocycles. The van der Waals surface area contributed by atoms with Crippen LogP contribution in [0.2, 0.25) is 0 Å². The molecule has 0 saturated carbocycles. The van der Waals surface area contributed by atoms with E-state index in [1.807, 2.05) is 0 Å². The molecule has 1 aromatic heterocycles. The van der Waals surface area contributed by atoms with Crippen molar-refractivity contribution in [1.82, 2.24) is 4.37 Å². The molecule has 1 unspecified atom stereocenters. The molecule has 0 aliphatic carbocycles. The Bertz CT molecular complexity index is 220. The fourth-order valence-electron chi connectivity index (χ4n) is 0.543. The molecular weight excluding hydrogens is 214 g/mol. The summed E-state index contributed by atoms with van der Waals surface area (Å²) in [4.78, 5) is 11.0. The van der Waals surface area contributed by atoms with Crippen LogP contribution in [-0.2, 0) is 0 Å². The molecule has 54 valence electrons. The van der Waals surface area contributed by atoms with Crippen molar-refractivity contribution in [1.29, 1.82) is 0 Å². The number of carbonyl (C=O) groups excluding carboxylic acids is 1. The Kier molecular flexibility index (Phi) is 2.56. The van der Waals surface area contributed by atoms with E-state index in [4.69, 9.17) is 0 Å². The molecule has 0 fully saturated rings. The van der Waals surface area contributed by atoms with Gasteiger partial charge in [0.15, 0.2) is 5.78 Å². The van der Waals surface area contributed by atoms with Crippen molar-refractivity contribution in [2.24, 2.45) is 0 Å². The van der Waals surface area contributed by atoms with Gasteiger partial charge in [-0.05, 0) is 24.5 Å². The maximum Gasteiger partial charge on any atom is 0.195 e. The Balaban J connectivity index is 2.78. The first kappa shape index (κ1) is 7.88. The lowest BCUT2D eigenvalue weighted by Crippen LogP contribution is -2.09. The Hall–Kier alpha value is -0.220. The standard InChI is InChI=1S/C6H6BrNOS/c1-4(7)6(9)5-2-3-10-8-5/h2-4H,1H3. The molecule has 1 atom stereocenters. The zero-order chi connectivity index (χ0) is 7.56. The van der Waals surface area contributed by atoms with E-state index in [1.54, 1.807) is 18.4 Å². The zero-order valence-corrected chi connectivity index (χ0v) is 7.78. The third-order valence-electron chi connectivity index (χ3n) is 1.05. The molecular formula is C6H6BrNOS. The van der Waals surface area contributed by atoms with E-state index in [0.717, 1.165) is 0 Å². The van der Waals surface area contributed by atoms with Crippen molar-refractivity contribution in [2.75, 3.05) is 0 Å². The van der Waals surface area contributed by atoms with E-state index in [-0.39, 0.29) is 10.6 Å². The summed E-state index contributed by atoms with van der Waals surface area (Å²) in [7, 11) is 0. The maximum atomic E-state index is 11.1. The van der Waals surface area contributed by atoms with Crippen LogP contribution < -0.4 is 0 Å². The number of halogens is 1. The van der Waals surface area contributed by atoms with Crippen LogP contribution in [0.3, 0.4) is 0 Å². The monoisotopic (exact) mass is 219 g/mol. The van der Waals surface area contributed by atoms with Crippen LogP contribution in [0, 0.1) is 0 Å². The van der Waals surface area contributed by atoms with E-state index >= 15 is 0 Å². The molecule has 0 bridgehead atoms. The van der Waals surface area contributed by atoms with E-state index in [0.29, 0.717) is 5.69 Å². The first-order valence-corrected chi connectivity index (χ1v) is 4.55. The maximum absolute atomic E-state index is 11.1. The van der Waals surface area contributed by atoms with Crippen LogP contribution in [-0.4, -0.2) is 15.0 Å². The van der Waals surface area contributed by atoms with Crippen LogP contribution in [0.25, 0.3) is 0 Å². The summed E-state index contributed by atoms with van der Waals surface area (Å²) in [5, 5.41) is 1.79. The van der Waals surface area contributed by atoms with Crippen molar-refractivity contribution in [3.05, 3.63) is 17.1 Å². The second kappa shape index (κ2) is 3.25. The smallest absolute Gasteiger partial charge is 0.195 e. The molecule has 0 aliphatic heterocycles. The summed E-state index contributed by atoms with van der Waals surface area (Å²) in [5.74, 6) is 0.0428. The second-order valence-corrected chi connectivity index (χ2v) is 3.90. The fraction of sp³-hybridized carbons (Fsp3) is 0.333. The molecule has 4 heteroatoms. The molecule has 1 rings (SSSR count). The summed E-state index contributed by atoms with van der Waals surface area (Å²) in [6.45, 7) is 1.79. The minimum Gasteiger partial charge on any atom is -0.291 e. The van der Waals surface area contributed by atoms with Crippen molar-refractivity contribution in [3.63, 3.8) is 0 Å². The van der Waals surface area contributed by atoms with Crippen LogP contribution >= 0.6 is 27.5 Å². The molecule has 10 heavy (non-hydrogen) atoms. The number of Topliss-reactive ketones (excluding diaryl/α,β-unsaturated/α-hetero) is 1. The highest BCUT2D eigenvalue weighted by molar-refractivity contribution is 9.10. The van der Waals surface area contributed by atoms with Gasteiger partial charge in [0.2, 0.25) is 0 Å². The average Bonchev–Trinajstić information content (AvgIpc) is 2.36. The minimum atomic E-state index is -0.130. The number of hydrogen-bond acceptors (Lipinski definition) is 3. The summed E-state index contributed by atoms with van der Waals surface area (Å²) >= 11 is 4.47. The molecule has 0 spiro atoms. The molecule has 0 aliphatic rings. The highest BCUT2D eigenvalue weighted by atomic mass is 79.9. The Morgan fingerprint density at radius 1 is 1.90 bits per heavy atom. The van der Waals surface area contributed by atoms with Gasteiger partial charge in [-0.25, -0.2) is 0 Å². The number of alkyl halides is 1. The molecule has 0 amide bonds. The lowest BCUT2D eigenvalue weighted by molar-refractivity contribution is 0.0992. The predicted molar refractivity (Wildman–Crippen MR) is 44.8 cm³/mol.